The number of rotatable bonds is 11. The van der Waals surface area contributed by atoms with Crippen LogP contribution in [0.1, 0.15) is 91.9 Å². The van der Waals surface area contributed by atoms with Crippen LogP contribution in [0, 0.1) is 5.92 Å². The molecule has 0 rings (SSSR count). The van der Waals surface area contributed by atoms with E-state index in [4.69, 9.17) is 0 Å². The Kier molecular flexibility index (Phi) is 12.0. The molecule has 0 unspecified atom stereocenters. The molecule has 0 N–H and O–H groups in total. The fraction of sp³-hybridized carbons (Fsp3) is 0.882. The van der Waals surface area contributed by atoms with E-state index in [1.54, 1.807) is 5.57 Å². The molecule has 102 valence electrons. The zero-order valence-corrected chi connectivity index (χ0v) is 12.7. The minimum Gasteiger partial charge on any atom is -0.0853 e. The summed E-state index contributed by atoms with van der Waals surface area (Å²) in [6.45, 7) is 9.21. The Hall–Kier alpha value is -0.260. The highest BCUT2D eigenvalue weighted by Crippen LogP contribution is 2.28. The van der Waals surface area contributed by atoms with E-state index >= 15 is 0 Å². The topological polar surface area (TPSA) is 0 Å². The van der Waals surface area contributed by atoms with Gasteiger partial charge in [-0.1, -0.05) is 71.4 Å². The molecule has 0 heteroatoms. The van der Waals surface area contributed by atoms with E-state index < -0.39 is 0 Å². The molecule has 0 bridgehead atoms. The van der Waals surface area contributed by atoms with Crippen molar-refractivity contribution in [3.05, 3.63) is 11.6 Å². The van der Waals surface area contributed by atoms with Crippen LogP contribution in [0.3, 0.4) is 0 Å². The number of hydrogen-bond donors (Lipinski definition) is 0. The van der Waals surface area contributed by atoms with Crippen molar-refractivity contribution in [3.63, 3.8) is 0 Å². The lowest BCUT2D eigenvalue weighted by molar-refractivity contribution is 0.458. The van der Waals surface area contributed by atoms with Crippen molar-refractivity contribution in [3.8, 4) is 0 Å². The first-order chi connectivity index (χ1) is 8.29. The predicted molar refractivity (Wildman–Crippen MR) is 80.4 cm³/mol. The Labute approximate surface area is 110 Å². The molecule has 0 aliphatic carbocycles. The van der Waals surface area contributed by atoms with E-state index in [-0.39, 0.29) is 0 Å². The van der Waals surface area contributed by atoms with Gasteiger partial charge in [0, 0.05) is 0 Å². The molecule has 17 heavy (non-hydrogen) atoms. The molecule has 0 aliphatic rings. The molecule has 0 saturated heterocycles. The van der Waals surface area contributed by atoms with Crippen LogP contribution in [0.15, 0.2) is 11.6 Å². The van der Waals surface area contributed by atoms with E-state index in [0.29, 0.717) is 0 Å². The highest BCUT2D eigenvalue weighted by atomic mass is 14.2. The maximum Gasteiger partial charge on any atom is -0.0203 e. The first-order valence-electron chi connectivity index (χ1n) is 7.98. The standard InChI is InChI=1S/C17H34/c1-5-9-13-16(12-8-4)17(14-10-6-2)15-11-7-3/h12,17H,5-11,13-15H2,1-4H3. The Morgan fingerprint density at radius 3 is 1.76 bits per heavy atom. The largest absolute Gasteiger partial charge is 0.0853 e. The highest BCUT2D eigenvalue weighted by molar-refractivity contribution is 5.06. The summed E-state index contributed by atoms with van der Waals surface area (Å²) in [5.74, 6) is 0.890. The smallest absolute Gasteiger partial charge is 0.0203 e. The Morgan fingerprint density at radius 1 is 0.824 bits per heavy atom. The SMILES string of the molecule is CCC=C(CCCC)C(CCCC)CCCC. The second-order valence-corrected chi connectivity index (χ2v) is 5.27. The van der Waals surface area contributed by atoms with Crippen LogP contribution in [-0.2, 0) is 0 Å². The Balaban J connectivity index is 4.37. The average Bonchev–Trinajstić information content (AvgIpc) is 2.35. The number of allylic oxidation sites excluding steroid dienone is 2. The zero-order valence-electron chi connectivity index (χ0n) is 12.7. The number of unbranched alkanes of at least 4 members (excludes halogenated alkanes) is 3. The van der Waals surface area contributed by atoms with Crippen molar-refractivity contribution in [1.29, 1.82) is 0 Å². The summed E-state index contributed by atoms with van der Waals surface area (Å²) in [4.78, 5) is 0. The summed E-state index contributed by atoms with van der Waals surface area (Å²) in [6, 6.07) is 0. The highest BCUT2D eigenvalue weighted by Gasteiger charge is 2.12. The van der Waals surface area contributed by atoms with Gasteiger partial charge in [-0.25, -0.2) is 0 Å². The molecule has 0 fully saturated rings. The van der Waals surface area contributed by atoms with Gasteiger partial charge < -0.3 is 0 Å². The van der Waals surface area contributed by atoms with Crippen LogP contribution in [-0.4, -0.2) is 0 Å². The van der Waals surface area contributed by atoms with Gasteiger partial charge in [-0.3, -0.25) is 0 Å². The molecule has 0 amide bonds. The maximum atomic E-state index is 2.52. The summed E-state index contributed by atoms with van der Waals surface area (Å²) < 4.78 is 0. The van der Waals surface area contributed by atoms with E-state index in [2.05, 4.69) is 33.8 Å². The third-order valence-electron chi connectivity index (χ3n) is 3.62. The van der Waals surface area contributed by atoms with Gasteiger partial charge in [-0.15, -0.1) is 0 Å². The minimum atomic E-state index is 0.890. The van der Waals surface area contributed by atoms with Crippen LogP contribution in [0.2, 0.25) is 0 Å². The van der Waals surface area contributed by atoms with Crippen molar-refractivity contribution in [2.75, 3.05) is 0 Å². The van der Waals surface area contributed by atoms with Gasteiger partial charge in [0.05, 0.1) is 0 Å². The zero-order chi connectivity index (χ0) is 12.9. The summed E-state index contributed by atoms with van der Waals surface area (Å²) in [5.41, 5.74) is 1.77. The van der Waals surface area contributed by atoms with Gasteiger partial charge in [-0.2, -0.15) is 0 Å². The lowest BCUT2D eigenvalue weighted by Gasteiger charge is -2.20. The van der Waals surface area contributed by atoms with Crippen LogP contribution in [0.5, 0.6) is 0 Å². The van der Waals surface area contributed by atoms with Gasteiger partial charge >= 0.3 is 0 Å². The van der Waals surface area contributed by atoms with Crippen molar-refractivity contribution >= 4 is 0 Å². The molecule has 0 aromatic rings. The minimum absolute atomic E-state index is 0.890. The second-order valence-electron chi connectivity index (χ2n) is 5.27. The Morgan fingerprint density at radius 2 is 1.35 bits per heavy atom. The summed E-state index contributed by atoms with van der Waals surface area (Å²) >= 11 is 0. The molecule has 0 saturated carbocycles. The van der Waals surface area contributed by atoms with Crippen molar-refractivity contribution < 1.29 is 0 Å². The number of hydrogen-bond acceptors (Lipinski definition) is 0. The van der Waals surface area contributed by atoms with Crippen LogP contribution in [0.25, 0.3) is 0 Å². The molecule has 0 spiro atoms. The summed E-state index contributed by atoms with van der Waals surface area (Å²) in [5, 5.41) is 0. The van der Waals surface area contributed by atoms with Gasteiger partial charge in [0.2, 0.25) is 0 Å². The molecular weight excluding hydrogens is 204 g/mol. The quantitative estimate of drug-likeness (QED) is 0.360. The van der Waals surface area contributed by atoms with Crippen molar-refractivity contribution in [2.24, 2.45) is 5.92 Å². The van der Waals surface area contributed by atoms with E-state index in [0.717, 1.165) is 5.92 Å². The van der Waals surface area contributed by atoms with Crippen molar-refractivity contribution in [2.45, 2.75) is 91.9 Å². The van der Waals surface area contributed by atoms with Crippen LogP contribution >= 0.6 is 0 Å². The molecule has 0 heterocycles. The fourth-order valence-corrected chi connectivity index (χ4v) is 2.53. The normalized spacial score (nSPS) is 12.4. The molecule has 0 nitrogen and oxygen atoms in total. The maximum absolute atomic E-state index is 2.52. The first-order valence-corrected chi connectivity index (χ1v) is 7.98. The molecule has 0 radical (unpaired) electrons. The molecule has 0 aromatic carbocycles. The average molecular weight is 238 g/mol. The first kappa shape index (κ1) is 16.7. The van der Waals surface area contributed by atoms with E-state index in [9.17, 15) is 0 Å². The molecule has 0 aromatic heterocycles. The van der Waals surface area contributed by atoms with Crippen LogP contribution in [0.4, 0.5) is 0 Å². The van der Waals surface area contributed by atoms with Gasteiger partial charge in [-0.05, 0) is 38.0 Å². The molecule has 0 atom stereocenters. The second kappa shape index (κ2) is 12.2. The molecular formula is C17H34. The van der Waals surface area contributed by atoms with Crippen LogP contribution < -0.4 is 0 Å². The molecule has 0 aliphatic heterocycles. The van der Waals surface area contributed by atoms with E-state index in [1.165, 1.54) is 64.2 Å². The van der Waals surface area contributed by atoms with Gasteiger partial charge in [0.15, 0.2) is 0 Å². The lowest BCUT2D eigenvalue weighted by atomic mass is 9.85. The summed E-state index contributed by atoms with van der Waals surface area (Å²) in [7, 11) is 0. The third-order valence-corrected chi connectivity index (χ3v) is 3.62. The van der Waals surface area contributed by atoms with E-state index in [1.807, 2.05) is 0 Å². The monoisotopic (exact) mass is 238 g/mol. The third kappa shape index (κ3) is 8.46. The lowest BCUT2D eigenvalue weighted by Crippen LogP contribution is -2.05. The summed E-state index contributed by atoms with van der Waals surface area (Å²) in [6.07, 6.45) is 16.1. The predicted octanol–water partition coefficient (Wildman–Crippen LogP) is 6.51. The van der Waals surface area contributed by atoms with Gasteiger partial charge in [0.1, 0.15) is 0 Å². The fourth-order valence-electron chi connectivity index (χ4n) is 2.53. The van der Waals surface area contributed by atoms with Crippen molar-refractivity contribution in [1.82, 2.24) is 0 Å². The van der Waals surface area contributed by atoms with Gasteiger partial charge in [0.25, 0.3) is 0 Å². The Bertz CT molecular complexity index is 170.